The number of nitrogens with zero attached hydrogens (tertiary/aromatic N) is 1. The van der Waals surface area contributed by atoms with Crippen molar-refractivity contribution in [2.24, 2.45) is 11.7 Å². The highest BCUT2D eigenvalue weighted by atomic mass is 35.5. The highest BCUT2D eigenvalue weighted by Gasteiger charge is 2.30. The molecular formula is C18H27ClN4O3. The van der Waals surface area contributed by atoms with Crippen LogP contribution in [-0.4, -0.2) is 47.9 Å². The number of carbonyl (C=O) groups excluding carboxylic acids is 2. The van der Waals surface area contributed by atoms with E-state index in [9.17, 15) is 14.4 Å². The van der Waals surface area contributed by atoms with Gasteiger partial charge in [0.15, 0.2) is 0 Å². The monoisotopic (exact) mass is 382 g/mol. The third-order valence-corrected chi connectivity index (χ3v) is 5.09. The van der Waals surface area contributed by atoms with E-state index in [2.05, 4.69) is 10.3 Å². The van der Waals surface area contributed by atoms with Gasteiger partial charge in [0.05, 0.1) is 5.92 Å². The van der Waals surface area contributed by atoms with Gasteiger partial charge in [-0.1, -0.05) is 0 Å². The van der Waals surface area contributed by atoms with Crippen molar-refractivity contribution < 1.29 is 9.59 Å². The summed E-state index contributed by atoms with van der Waals surface area (Å²) in [5.74, 6) is -0.575. The quantitative estimate of drug-likeness (QED) is 0.708. The van der Waals surface area contributed by atoms with Crippen LogP contribution >= 0.6 is 12.4 Å². The number of H-pyrrole nitrogens is 1. The lowest BCUT2D eigenvalue weighted by atomic mass is 9.94. The molecule has 1 saturated heterocycles. The number of halogens is 1. The summed E-state index contributed by atoms with van der Waals surface area (Å²) in [6, 6.07) is 1.76. The Kier molecular flexibility index (Phi) is 7.23. The molecule has 0 saturated carbocycles. The fourth-order valence-corrected chi connectivity index (χ4v) is 3.72. The van der Waals surface area contributed by atoms with Gasteiger partial charge in [0, 0.05) is 31.9 Å². The molecule has 1 aromatic heterocycles. The van der Waals surface area contributed by atoms with E-state index in [0.29, 0.717) is 26.2 Å². The molecule has 0 spiro atoms. The number of aromatic nitrogens is 1. The minimum Gasteiger partial charge on any atom is -0.355 e. The van der Waals surface area contributed by atoms with Gasteiger partial charge in [-0.3, -0.25) is 14.4 Å². The molecule has 1 aromatic rings. The molecule has 8 heteroatoms. The number of aromatic amines is 1. The summed E-state index contributed by atoms with van der Waals surface area (Å²) in [4.78, 5) is 41.8. The molecule has 1 fully saturated rings. The highest BCUT2D eigenvalue weighted by Crippen LogP contribution is 2.21. The summed E-state index contributed by atoms with van der Waals surface area (Å²) in [7, 11) is 0. The third kappa shape index (κ3) is 4.45. The van der Waals surface area contributed by atoms with E-state index >= 15 is 0 Å². The number of fused-ring (bicyclic) bond motifs is 1. The number of nitrogens with one attached hydrogen (secondary N) is 2. The number of likely N-dealkylation sites (tertiary alicyclic amines) is 1. The van der Waals surface area contributed by atoms with Crippen molar-refractivity contribution in [3.63, 3.8) is 0 Å². The fraction of sp³-hybridized carbons (Fsp3) is 0.611. The van der Waals surface area contributed by atoms with Gasteiger partial charge < -0.3 is 20.9 Å². The minimum absolute atomic E-state index is 0. The van der Waals surface area contributed by atoms with Gasteiger partial charge in [-0.15, -0.1) is 12.4 Å². The normalized spacial score (nSPS) is 19.3. The van der Waals surface area contributed by atoms with Crippen LogP contribution in [0.5, 0.6) is 0 Å². The zero-order chi connectivity index (χ0) is 17.8. The average Bonchev–Trinajstić information content (AvgIpc) is 2.65. The van der Waals surface area contributed by atoms with Crippen molar-refractivity contribution in [2.75, 3.05) is 26.2 Å². The number of amides is 2. The van der Waals surface area contributed by atoms with Crippen LogP contribution in [0.25, 0.3) is 0 Å². The largest absolute Gasteiger partial charge is 0.355 e. The predicted molar refractivity (Wildman–Crippen MR) is 102 cm³/mol. The first-order valence-corrected chi connectivity index (χ1v) is 9.12. The number of rotatable bonds is 4. The smallest absolute Gasteiger partial charge is 0.261 e. The van der Waals surface area contributed by atoms with E-state index in [-0.39, 0.29) is 41.3 Å². The van der Waals surface area contributed by atoms with E-state index in [4.69, 9.17) is 5.73 Å². The van der Waals surface area contributed by atoms with Crippen LogP contribution in [-0.2, 0) is 17.6 Å². The lowest BCUT2D eigenvalue weighted by Gasteiger charge is -2.32. The van der Waals surface area contributed by atoms with Crippen molar-refractivity contribution in [3.8, 4) is 0 Å². The second kappa shape index (κ2) is 9.19. The molecule has 0 aromatic carbocycles. The van der Waals surface area contributed by atoms with Gasteiger partial charge in [0.2, 0.25) is 5.91 Å². The number of hydrogen-bond donors (Lipinski definition) is 3. The zero-order valence-corrected chi connectivity index (χ0v) is 15.7. The van der Waals surface area contributed by atoms with Crippen molar-refractivity contribution in [2.45, 2.75) is 38.5 Å². The van der Waals surface area contributed by atoms with Gasteiger partial charge in [-0.25, -0.2) is 0 Å². The predicted octanol–water partition coefficient (Wildman–Crippen LogP) is 0.603. The average molecular weight is 383 g/mol. The lowest BCUT2D eigenvalue weighted by Crippen LogP contribution is -2.47. The lowest BCUT2D eigenvalue weighted by molar-refractivity contribution is -0.126. The Morgan fingerprint density at radius 3 is 2.81 bits per heavy atom. The van der Waals surface area contributed by atoms with Crippen LogP contribution in [0.4, 0.5) is 0 Å². The molecule has 4 N–H and O–H groups in total. The summed E-state index contributed by atoms with van der Waals surface area (Å²) >= 11 is 0. The number of nitrogens with two attached hydrogens (primary N) is 1. The number of piperidine rings is 1. The second-order valence-corrected chi connectivity index (χ2v) is 6.89. The Hall–Kier alpha value is -1.86. The van der Waals surface area contributed by atoms with E-state index < -0.39 is 0 Å². The first-order valence-electron chi connectivity index (χ1n) is 9.12. The maximum absolute atomic E-state index is 12.8. The van der Waals surface area contributed by atoms with Gasteiger partial charge >= 0.3 is 0 Å². The Morgan fingerprint density at radius 1 is 1.27 bits per heavy atom. The number of pyridine rings is 1. The Balaban J connectivity index is 0.00000243. The number of carbonyl (C=O) groups is 2. The molecule has 1 unspecified atom stereocenters. The minimum atomic E-state index is -0.319. The maximum atomic E-state index is 12.8. The molecule has 1 aliphatic carbocycles. The maximum Gasteiger partial charge on any atom is 0.261 e. The van der Waals surface area contributed by atoms with E-state index in [1.807, 2.05) is 0 Å². The Bertz CT molecular complexity index is 719. The molecule has 144 valence electrons. The molecule has 7 nitrogen and oxygen atoms in total. The van der Waals surface area contributed by atoms with Crippen LogP contribution in [0.3, 0.4) is 0 Å². The molecule has 26 heavy (non-hydrogen) atoms. The molecule has 1 aliphatic heterocycles. The summed E-state index contributed by atoms with van der Waals surface area (Å²) in [5, 5.41) is 2.78. The van der Waals surface area contributed by atoms with Crippen LogP contribution in [0, 0.1) is 5.92 Å². The van der Waals surface area contributed by atoms with Crippen molar-refractivity contribution in [1.82, 2.24) is 15.2 Å². The molecule has 3 rings (SSSR count). The molecule has 0 bridgehead atoms. The summed E-state index contributed by atoms with van der Waals surface area (Å²) in [6.45, 7) is 1.77. The van der Waals surface area contributed by atoms with Gasteiger partial charge in [0.25, 0.3) is 11.5 Å². The van der Waals surface area contributed by atoms with Crippen LogP contribution < -0.4 is 16.6 Å². The van der Waals surface area contributed by atoms with Crippen LogP contribution in [0.15, 0.2) is 10.9 Å². The first kappa shape index (κ1) is 20.5. The van der Waals surface area contributed by atoms with E-state index in [1.54, 1.807) is 11.0 Å². The molecule has 2 heterocycles. The standard InChI is InChI=1S/C18H26N4O3.ClH/c19-7-8-20-16(23)13-5-3-9-22(11-13)18(25)14-10-12-4-1-2-6-15(12)21-17(14)24;/h10,13H,1-9,11,19H2,(H,20,23)(H,21,24);1H. The third-order valence-electron chi connectivity index (χ3n) is 5.09. The Morgan fingerprint density at radius 2 is 2.04 bits per heavy atom. The first-order chi connectivity index (χ1) is 12.1. The van der Waals surface area contributed by atoms with E-state index in [0.717, 1.165) is 49.8 Å². The van der Waals surface area contributed by atoms with Crippen LogP contribution in [0.1, 0.15) is 47.3 Å². The van der Waals surface area contributed by atoms with Gasteiger partial charge in [0.1, 0.15) is 5.56 Å². The SMILES string of the molecule is Cl.NCCNC(=O)C1CCCN(C(=O)c2cc3c([nH]c2=O)CCCC3)C1. The van der Waals surface area contributed by atoms with Gasteiger partial charge in [-0.05, 0) is 50.2 Å². The molecule has 0 radical (unpaired) electrons. The number of hydrogen-bond acceptors (Lipinski definition) is 4. The van der Waals surface area contributed by atoms with Crippen molar-refractivity contribution in [3.05, 3.63) is 33.2 Å². The highest BCUT2D eigenvalue weighted by molar-refractivity contribution is 5.94. The van der Waals surface area contributed by atoms with Crippen molar-refractivity contribution >= 4 is 24.2 Å². The Labute approximate surface area is 159 Å². The molecule has 2 amide bonds. The van der Waals surface area contributed by atoms with Crippen molar-refractivity contribution in [1.29, 1.82) is 0 Å². The molecule has 2 aliphatic rings. The zero-order valence-electron chi connectivity index (χ0n) is 14.9. The second-order valence-electron chi connectivity index (χ2n) is 6.89. The van der Waals surface area contributed by atoms with Gasteiger partial charge in [-0.2, -0.15) is 0 Å². The number of aryl methyl sites for hydroxylation is 2. The summed E-state index contributed by atoms with van der Waals surface area (Å²) in [5.41, 5.74) is 7.33. The van der Waals surface area contributed by atoms with E-state index in [1.165, 1.54) is 0 Å². The van der Waals surface area contributed by atoms with Crippen LogP contribution in [0.2, 0.25) is 0 Å². The fourth-order valence-electron chi connectivity index (χ4n) is 3.72. The molecular weight excluding hydrogens is 356 g/mol. The summed E-state index contributed by atoms with van der Waals surface area (Å²) < 4.78 is 0. The summed E-state index contributed by atoms with van der Waals surface area (Å²) in [6.07, 6.45) is 5.43. The topological polar surface area (TPSA) is 108 Å². The molecule has 1 atom stereocenters.